The summed E-state index contributed by atoms with van der Waals surface area (Å²) in [5.41, 5.74) is 2.21. The van der Waals surface area contributed by atoms with Crippen LogP contribution in [-0.4, -0.2) is 30.1 Å². The first-order chi connectivity index (χ1) is 14.6. The summed E-state index contributed by atoms with van der Waals surface area (Å²) in [6, 6.07) is 11.4. The van der Waals surface area contributed by atoms with Crippen molar-refractivity contribution in [2.75, 3.05) is 0 Å². The second-order valence-electron chi connectivity index (χ2n) is 6.61. The van der Waals surface area contributed by atoms with E-state index in [-0.39, 0.29) is 12.2 Å². The maximum absolute atomic E-state index is 12.4. The van der Waals surface area contributed by atoms with Crippen LogP contribution in [0.2, 0.25) is 0 Å². The summed E-state index contributed by atoms with van der Waals surface area (Å²) in [6.45, 7) is -0.0682. The smallest absolute Gasteiger partial charge is 0.331 e. The first-order valence-corrected chi connectivity index (χ1v) is 10.0. The van der Waals surface area contributed by atoms with Gasteiger partial charge in [0.1, 0.15) is 4.70 Å². The molecule has 0 atom stereocenters. The largest absolute Gasteiger partial charge is 0.454 e. The molecule has 0 bridgehead atoms. The van der Waals surface area contributed by atoms with E-state index in [1.165, 1.54) is 22.0 Å². The van der Waals surface area contributed by atoms with Crippen molar-refractivity contribution in [1.29, 1.82) is 0 Å². The molecular weight excluding hydrogens is 402 g/mol. The lowest BCUT2D eigenvalue weighted by Crippen LogP contribution is -2.19. The number of benzene rings is 1. The standard InChI is InChI=1S/C21H15N5O3S/c1-25-20(28)19-15(9-11-30-19)26-16(23-24-21(25)26)12-29-17(27)8-7-14-5-2-4-13-6-3-10-22-18(13)14/h2-11H,12H2,1H3. The lowest BCUT2D eigenvalue weighted by Gasteiger charge is -2.05. The molecule has 9 heteroatoms. The van der Waals surface area contributed by atoms with Crippen molar-refractivity contribution in [3.05, 3.63) is 75.8 Å². The number of rotatable bonds is 4. The minimum atomic E-state index is -0.508. The number of ether oxygens (including phenoxy) is 1. The Bertz CT molecular complexity index is 1510. The number of nitrogens with zero attached hydrogens (tertiary/aromatic N) is 5. The van der Waals surface area contributed by atoms with Crippen LogP contribution in [0.25, 0.3) is 33.0 Å². The zero-order chi connectivity index (χ0) is 20.7. The molecule has 0 aliphatic rings. The molecule has 4 aromatic heterocycles. The highest BCUT2D eigenvalue weighted by Crippen LogP contribution is 2.20. The van der Waals surface area contributed by atoms with E-state index >= 15 is 0 Å². The molecule has 0 aliphatic heterocycles. The van der Waals surface area contributed by atoms with Crippen LogP contribution in [0, 0.1) is 0 Å². The van der Waals surface area contributed by atoms with E-state index < -0.39 is 5.97 Å². The molecule has 0 saturated carbocycles. The van der Waals surface area contributed by atoms with Crippen LogP contribution >= 0.6 is 11.3 Å². The van der Waals surface area contributed by atoms with Crippen molar-refractivity contribution in [1.82, 2.24) is 24.1 Å². The Balaban J connectivity index is 1.40. The van der Waals surface area contributed by atoms with E-state index in [0.29, 0.717) is 21.8 Å². The summed E-state index contributed by atoms with van der Waals surface area (Å²) < 4.78 is 9.14. The molecule has 30 heavy (non-hydrogen) atoms. The Morgan fingerprint density at radius 3 is 2.97 bits per heavy atom. The molecule has 148 valence electrons. The Labute approximate surface area is 173 Å². The maximum Gasteiger partial charge on any atom is 0.331 e. The normalized spacial score (nSPS) is 11.8. The highest BCUT2D eigenvalue weighted by atomic mass is 32.1. The first kappa shape index (κ1) is 18.2. The number of carbonyl (C=O) groups excluding carboxylic acids is 1. The molecular formula is C21H15N5O3S. The van der Waals surface area contributed by atoms with Crippen LogP contribution in [0.15, 0.2) is 58.8 Å². The molecule has 5 rings (SSSR count). The Morgan fingerprint density at radius 1 is 1.20 bits per heavy atom. The Kier molecular flexibility index (Phi) is 4.36. The van der Waals surface area contributed by atoms with Crippen LogP contribution < -0.4 is 5.56 Å². The number of aromatic nitrogens is 5. The highest BCUT2D eigenvalue weighted by molar-refractivity contribution is 7.17. The third kappa shape index (κ3) is 2.96. The van der Waals surface area contributed by atoms with Gasteiger partial charge in [0.15, 0.2) is 12.4 Å². The van der Waals surface area contributed by atoms with E-state index in [2.05, 4.69) is 15.2 Å². The van der Waals surface area contributed by atoms with Gasteiger partial charge < -0.3 is 4.74 Å². The predicted octanol–water partition coefficient (Wildman–Crippen LogP) is 2.95. The summed E-state index contributed by atoms with van der Waals surface area (Å²) in [5, 5.41) is 11.0. The van der Waals surface area contributed by atoms with Gasteiger partial charge in [-0.3, -0.25) is 18.7 Å². The van der Waals surface area contributed by atoms with Crippen molar-refractivity contribution in [3.8, 4) is 0 Å². The molecule has 0 aliphatic carbocycles. The van der Waals surface area contributed by atoms with E-state index in [0.717, 1.165) is 16.5 Å². The van der Waals surface area contributed by atoms with Crippen molar-refractivity contribution in [3.63, 3.8) is 0 Å². The number of hydrogen-bond acceptors (Lipinski definition) is 7. The van der Waals surface area contributed by atoms with Crippen molar-refractivity contribution in [2.45, 2.75) is 6.61 Å². The number of para-hydroxylation sites is 1. The minimum absolute atomic E-state index is 0.0682. The highest BCUT2D eigenvalue weighted by Gasteiger charge is 2.16. The van der Waals surface area contributed by atoms with E-state index in [1.807, 2.05) is 41.8 Å². The molecule has 0 fully saturated rings. The fraction of sp³-hybridized carbons (Fsp3) is 0.0952. The predicted molar refractivity (Wildman–Crippen MR) is 114 cm³/mol. The monoisotopic (exact) mass is 417 g/mol. The second kappa shape index (κ2) is 7.20. The average Bonchev–Trinajstić information content (AvgIpc) is 3.41. The van der Waals surface area contributed by atoms with E-state index in [9.17, 15) is 9.59 Å². The molecule has 0 spiro atoms. The number of pyridine rings is 1. The molecule has 0 saturated heterocycles. The Morgan fingerprint density at radius 2 is 2.07 bits per heavy atom. The van der Waals surface area contributed by atoms with Gasteiger partial charge in [-0.05, 0) is 23.6 Å². The van der Waals surface area contributed by atoms with Gasteiger partial charge in [-0.1, -0.05) is 24.3 Å². The third-order valence-corrected chi connectivity index (χ3v) is 5.70. The number of thiophene rings is 1. The molecule has 4 heterocycles. The summed E-state index contributed by atoms with van der Waals surface area (Å²) in [6.07, 6.45) is 4.76. The van der Waals surface area contributed by atoms with Gasteiger partial charge in [-0.2, -0.15) is 0 Å². The van der Waals surface area contributed by atoms with Gasteiger partial charge in [-0.15, -0.1) is 21.5 Å². The topological polar surface area (TPSA) is 91.4 Å². The number of esters is 1. The fourth-order valence-corrected chi connectivity index (χ4v) is 4.20. The average molecular weight is 417 g/mol. The van der Waals surface area contributed by atoms with E-state index in [1.54, 1.807) is 23.7 Å². The van der Waals surface area contributed by atoms with Crippen LogP contribution in [0.4, 0.5) is 0 Å². The minimum Gasteiger partial charge on any atom is -0.454 e. The number of carbonyl (C=O) groups is 1. The number of aryl methyl sites for hydroxylation is 1. The second-order valence-corrected chi connectivity index (χ2v) is 7.53. The van der Waals surface area contributed by atoms with Gasteiger partial charge in [-0.25, -0.2) is 4.79 Å². The van der Waals surface area contributed by atoms with Crippen molar-refractivity contribution >= 4 is 50.3 Å². The van der Waals surface area contributed by atoms with Crippen LogP contribution in [0.5, 0.6) is 0 Å². The van der Waals surface area contributed by atoms with Crippen molar-refractivity contribution < 1.29 is 9.53 Å². The van der Waals surface area contributed by atoms with Gasteiger partial charge >= 0.3 is 5.97 Å². The van der Waals surface area contributed by atoms with Crippen LogP contribution in [0.1, 0.15) is 11.4 Å². The van der Waals surface area contributed by atoms with Crippen LogP contribution in [0.3, 0.4) is 0 Å². The summed E-state index contributed by atoms with van der Waals surface area (Å²) >= 11 is 1.35. The van der Waals surface area contributed by atoms with Gasteiger partial charge in [0, 0.05) is 30.3 Å². The van der Waals surface area contributed by atoms with Crippen molar-refractivity contribution in [2.24, 2.45) is 7.05 Å². The molecule has 8 nitrogen and oxygen atoms in total. The lowest BCUT2D eigenvalue weighted by molar-refractivity contribution is -0.139. The molecule has 0 unspecified atom stereocenters. The molecule has 5 aromatic rings. The number of fused-ring (bicyclic) bond motifs is 4. The molecule has 0 radical (unpaired) electrons. The summed E-state index contributed by atoms with van der Waals surface area (Å²) in [4.78, 5) is 29.0. The summed E-state index contributed by atoms with van der Waals surface area (Å²) in [5.74, 6) is 0.331. The fourth-order valence-electron chi connectivity index (χ4n) is 3.35. The van der Waals surface area contributed by atoms with E-state index in [4.69, 9.17) is 4.74 Å². The molecule has 1 aromatic carbocycles. The lowest BCUT2D eigenvalue weighted by atomic mass is 10.1. The number of hydrogen-bond donors (Lipinski definition) is 0. The van der Waals surface area contributed by atoms with Gasteiger partial charge in [0.2, 0.25) is 5.78 Å². The zero-order valence-corrected chi connectivity index (χ0v) is 16.7. The molecule has 0 N–H and O–H groups in total. The first-order valence-electron chi connectivity index (χ1n) is 9.12. The molecule has 0 amide bonds. The maximum atomic E-state index is 12.4. The van der Waals surface area contributed by atoms with Gasteiger partial charge in [0.25, 0.3) is 5.56 Å². The van der Waals surface area contributed by atoms with Crippen LogP contribution in [-0.2, 0) is 23.2 Å². The Hall–Kier alpha value is -3.85. The summed E-state index contributed by atoms with van der Waals surface area (Å²) in [7, 11) is 1.64. The zero-order valence-electron chi connectivity index (χ0n) is 15.8. The van der Waals surface area contributed by atoms with Gasteiger partial charge in [0.05, 0.1) is 11.0 Å². The third-order valence-electron chi connectivity index (χ3n) is 4.80. The quantitative estimate of drug-likeness (QED) is 0.330. The SMILES string of the molecule is Cn1c(=O)c2sccc2n2c(COC(=O)C=Cc3cccc4cccnc34)nnc12.